The van der Waals surface area contributed by atoms with Crippen LogP contribution >= 0.6 is 0 Å². The molecule has 0 radical (unpaired) electrons. The van der Waals surface area contributed by atoms with E-state index in [0.717, 1.165) is 16.4 Å². The molecule has 1 saturated heterocycles. The highest BCUT2D eigenvalue weighted by atomic mass is 32.2. The third-order valence-electron chi connectivity index (χ3n) is 3.26. The Morgan fingerprint density at radius 2 is 2.00 bits per heavy atom. The van der Waals surface area contributed by atoms with Crippen LogP contribution in [0.4, 0.5) is 8.78 Å². The van der Waals surface area contributed by atoms with Gasteiger partial charge in [0.1, 0.15) is 22.6 Å². The van der Waals surface area contributed by atoms with Crippen LogP contribution < -0.4 is 5.73 Å². The number of piperidine rings is 1. The zero-order valence-corrected chi connectivity index (χ0v) is 11.4. The van der Waals surface area contributed by atoms with Gasteiger partial charge in [0.2, 0.25) is 15.9 Å². The number of benzene rings is 1. The van der Waals surface area contributed by atoms with Gasteiger partial charge in [-0.05, 0) is 25.0 Å². The topological polar surface area (TPSA) is 80.5 Å². The van der Waals surface area contributed by atoms with Crippen LogP contribution in [0, 0.1) is 11.6 Å². The Balaban J connectivity index is 2.45. The zero-order chi connectivity index (χ0) is 14.9. The van der Waals surface area contributed by atoms with Crippen molar-refractivity contribution in [3.63, 3.8) is 0 Å². The molecule has 20 heavy (non-hydrogen) atoms. The average Bonchev–Trinajstić information content (AvgIpc) is 2.38. The second kappa shape index (κ2) is 5.45. The standard InChI is InChI=1S/C12H14F2N2O3S/c13-8-4-5-11(9(14)7-8)20(18,19)16-6-2-1-3-10(16)12(15)17/h4-5,7,10H,1-3,6H2,(H2,15,17). The summed E-state index contributed by atoms with van der Waals surface area (Å²) in [4.78, 5) is 10.7. The predicted octanol–water partition coefficient (Wildman–Crippen LogP) is 0.993. The lowest BCUT2D eigenvalue weighted by Gasteiger charge is -2.32. The van der Waals surface area contributed by atoms with E-state index in [1.54, 1.807) is 0 Å². The highest BCUT2D eigenvalue weighted by Crippen LogP contribution is 2.27. The van der Waals surface area contributed by atoms with Crippen molar-refractivity contribution < 1.29 is 22.0 Å². The van der Waals surface area contributed by atoms with Crippen molar-refractivity contribution in [1.29, 1.82) is 0 Å². The maximum absolute atomic E-state index is 13.7. The van der Waals surface area contributed by atoms with Crippen LogP contribution in [0.3, 0.4) is 0 Å². The molecule has 1 amide bonds. The number of hydrogen-bond acceptors (Lipinski definition) is 3. The highest BCUT2D eigenvalue weighted by molar-refractivity contribution is 7.89. The molecule has 1 atom stereocenters. The van der Waals surface area contributed by atoms with E-state index >= 15 is 0 Å². The first-order valence-corrected chi connectivity index (χ1v) is 7.54. The van der Waals surface area contributed by atoms with Crippen LogP contribution in [0.2, 0.25) is 0 Å². The van der Waals surface area contributed by atoms with Crippen LogP contribution in [0.5, 0.6) is 0 Å². The molecule has 2 N–H and O–H groups in total. The number of hydrogen-bond donors (Lipinski definition) is 1. The monoisotopic (exact) mass is 304 g/mol. The minimum Gasteiger partial charge on any atom is -0.368 e. The molecule has 1 aromatic carbocycles. The fourth-order valence-corrected chi connectivity index (χ4v) is 4.00. The van der Waals surface area contributed by atoms with Gasteiger partial charge in [-0.15, -0.1) is 0 Å². The minimum absolute atomic E-state index is 0.0900. The number of rotatable bonds is 3. The smallest absolute Gasteiger partial charge is 0.246 e. The number of nitrogens with zero attached hydrogens (tertiary/aromatic N) is 1. The number of carbonyl (C=O) groups is 1. The van der Waals surface area contributed by atoms with Crippen LogP contribution in [-0.4, -0.2) is 31.2 Å². The van der Waals surface area contributed by atoms with Gasteiger partial charge in [0.05, 0.1) is 0 Å². The second-order valence-corrected chi connectivity index (χ2v) is 6.46. The molecule has 0 bridgehead atoms. The van der Waals surface area contributed by atoms with Gasteiger partial charge >= 0.3 is 0 Å². The molecule has 8 heteroatoms. The summed E-state index contributed by atoms with van der Waals surface area (Å²) >= 11 is 0. The van der Waals surface area contributed by atoms with Gasteiger partial charge in [-0.1, -0.05) is 6.42 Å². The van der Waals surface area contributed by atoms with Crippen molar-refractivity contribution in [2.24, 2.45) is 5.73 Å². The fourth-order valence-electron chi connectivity index (χ4n) is 2.29. The van der Waals surface area contributed by atoms with E-state index in [1.807, 2.05) is 0 Å². The van der Waals surface area contributed by atoms with Crippen LogP contribution in [0.1, 0.15) is 19.3 Å². The van der Waals surface area contributed by atoms with E-state index in [9.17, 15) is 22.0 Å². The molecule has 1 unspecified atom stereocenters. The molecule has 2 rings (SSSR count). The van der Waals surface area contributed by atoms with E-state index in [-0.39, 0.29) is 6.54 Å². The Bertz CT molecular complexity index is 634. The van der Waals surface area contributed by atoms with Crippen LogP contribution in [-0.2, 0) is 14.8 Å². The van der Waals surface area contributed by atoms with E-state index in [4.69, 9.17) is 5.73 Å². The van der Waals surface area contributed by atoms with Crippen molar-refractivity contribution in [3.05, 3.63) is 29.8 Å². The van der Waals surface area contributed by atoms with Crippen molar-refractivity contribution in [1.82, 2.24) is 4.31 Å². The van der Waals surface area contributed by atoms with Gasteiger partial charge in [0.15, 0.2) is 0 Å². The van der Waals surface area contributed by atoms with Crippen molar-refractivity contribution in [2.75, 3.05) is 6.54 Å². The van der Waals surface area contributed by atoms with Crippen molar-refractivity contribution >= 4 is 15.9 Å². The predicted molar refractivity (Wildman–Crippen MR) is 67.1 cm³/mol. The molecular weight excluding hydrogens is 290 g/mol. The maximum Gasteiger partial charge on any atom is 0.246 e. The van der Waals surface area contributed by atoms with Crippen molar-refractivity contribution in [2.45, 2.75) is 30.2 Å². The molecular formula is C12H14F2N2O3S. The number of primary amides is 1. The summed E-state index contributed by atoms with van der Waals surface area (Å²) in [5, 5.41) is 0. The molecule has 110 valence electrons. The van der Waals surface area contributed by atoms with Crippen LogP contribution in [0.15, 0.2) is 23.1 Å². The number of carbonyl (C=O) groups excluding carboxylic acids is 1. The summed E-state index contributed by atoms with van der Waals surface area (Å²) in [6.07, 6.45) is 1.54. The van der Waals surface area contributed by atoms with Crippen LogP contribution in [0.25, 0.3) is 0 Å². The number of sulfonamides is 1. The van der Waals surface area contributed by atoms with Gasteiger partial charge in [-0.2, -0.15) is 4.31 Å². The zero-order valence-electron chi connectivity index (χ0n) is 10.6. The number of amides is 1. The van der Waals surface area contributed by atoms with Gasteiger partial charge < -0.3 is 5.73 Å². The Morgan fingerprint density at radius 3 is 2.60 bits per heavy atom. The molecule has 0 spiro atoms. The Labute approximate surface area is 115 Å². The molecule has 5 nitrogen and oxygen atoms in total. The van der Waals surface area contributed by atoms with E-state index in [2.05, 4.69) is 0 Å². The Kier molecular flexibility index (Phi) is 4.05. The molecule has 1 aliphatic rings. The number of nitrogens with two attached hydrogens (primary N) is 1. The lowest BCUT2D eigenvalue weighted by Crippen LogP contribution is -2.50. The molecule has 1 fully saturated rings. The molecule has 1 heterocycles. The summed E-state index contributed by atoms with van der Waals surface area (Å²) in [6, 6.07) is 1.22. The molecule has 0 aliphatic carbocycles. The second-order valence-electron chi connectivity index (χ2n) is 4.60. The van der Waals surface area contributed by atoms with Gasteiger partial charge in [-0.3, -0.25) is 4.79 Å². The fraction of sp³-hybridized carbons (Fsp3) is 0.417. The summed E-state index contributed by atoms with van der Waals surface area (Å²) in [5.41, 5.74) is 5.20. The summed E-state index contributed by atoms with van der Waals surface area (Å²) in [7, 11) is -4.21. The first-order chi connectivity index (χ1) is 9.34. The summed E-state index contributed by atoms with van der Waals surface area (Å²) in [6.45, 7) is 0.0900. The third-order valence-corrected chi connectivity index (χ3v) is 5.20. The largest absolute Gasteiger partial charge is 0.368 e. The SMILES string of the molecule is NC(=O)C1CCCCN1S(=O)(=O)c1ccc(F)cc1F. The minimum atomic E-state index is -4.21. The molecule has 1 aliphatic heterocycles. The lowest BCUT2D eigenvalue weighted by molar-refractivity contribution is -0.122. The van der Waals surface area contributed by atoms with Gasteiger partial charge in [0, 0.05) is 12.6 Å². The van der Waals surface area contributed by atoms with E-state index < -0.39 is 38.5 Å². The van der Waals surface area contributed by atoms with Crippen molar-refractivity contribution in [3.8, 4) is 0 Å². The quantitative estimate of drug-likeness (QED) is 0.904. The van der Waals surface area contributed by atoms with E-state index in [0.29, 0.717) is 25.3 Å². The summed E-state index contributed by atoms with van der Waals surface area (Å²) in [5.74, 6) is -2.82. The molecule has 1 aromatic rings. The van der Waals surface area contributed by atoms with Gasteiger partial charge in [-0.25, -0.2) is 17.2 Å². The molecule has 0 saturated carbocycles. The number of halogens is 2. The average molecular weight is 304 g/mol. The Morgan fingerprint density at radius 1 is 1.30 bits per heavy atom. The highest BCUT2D eigenvalue weighted by Gasteiger charge is 2.37. The van der Waals surface area contributed by atoms with E-state index in [1.165, 1.54) is 0 Å². The van der Waals surface area contributed by atoms with Gasteiger partial charge in [0.25, 0.3) is 0 Å². The summed E-state index contributed by atoms with van der Waals surface area (Å²) < 4.78 is 52.2. The third kappa shape index (κ3) is 2.66. The first kappa shape index (κ1) is 14.9. The molecule has 0 aromatic heterocycles. The first-order valence-electron chi connectivity index (χ1n) is 6.10. The normalized spacial score (nSPS) is 20.8. The maximum atomic E-state index is 13.7. The Hall–Kier alpha value is -1.54. The lowest BCUT2D eigenvalue weighted by atomic mass is 10.0.